The van der Waals surface area contributed by atoms with Crippen LogP contribution in [0.3, 0.4) is 0 Å². The van der Waals surface area contributed by atoms with Crippen molar-refractivity contribution < 1.29 is 4.74 Å². The molecule has 0 heterocycles. The summed E-state index contributed by atoms with van der Waals surface area (Å²) in [4.78, 5) is 0. The van der Waals surface area contributed by atoms with Crippen LogP contribution in [-0.4, -0.2) is 6.61 Å². The summed E-state index contributed by atoms with van der Waals surface area (Å²) in [5.41, 5.74) is 2.59. The highest BCUT2D eigenvalue weighted by Crippen LogP contribution is 2.04. The van der Waals surface area contributed by atoms with Gasteiger partial charge in [-0.25, -0.2) is 0 Å². The standard InChI is InChI=1S/C15H20O/c1-3-8-14(2)9-7-12-16-13-15-10-5-4-6-11-15/h3-6,9-11H,1,7-8,12-13H2,2H3/b14-9-. The van der Waals surface area contributed by atoms with Crippen LogP contribution in [0.2, 0.25) is 0 Å². The molecule has 1 rings (SSSR count). The maximum Gasteiger partial charge on any atom is 0.0717 e. The predicted octanol–water partition coefficient (Wildman–Crippen LogP) is 4.12. The van der Waals surface area contributed by atoms with E-state index < -0.39 is 0 Å². The Balaban J connectivity index is 2.13. The Hall–Kier alpha value is -1.34. The van der Waals surface area contributed by atoms with Gasteiger partial charge in [-0.05, 0) is 25.3 Å². The molecule has 0 bridgehead atoms. The third-order valence-electron chi connectivity index (χ3n) is 2.33. The minimum absolute atomic E-state index is 0.704. The van der Waals surface area contributed by atoms with Gasteiger partial charge in [-0.3, -0.25) is 0 Å². The number of ether oxygens (including phenoxy) is 1. The molecule has 1 heteroatoms. The molecule has 1 aromatic rings. The summed E-state index contributed by atoms with van der Waals surface area (Å²) in [6.45, 7) is 7.32. The minimum atomic E-state index is 0.704. The highest BCUT2D eigenvalue weighted by Gasteiger charge is 1.91. The van der Waals surface area contributed by atoms with Crippen LogP contribution in [0.5, 0.6) is 0 Å². The average molecular weight is 216 g/mol. The van der Waals surface area contributed by atoms with E-state index in [0.717, 1.165) is 19.4 Å². The summed E-state index contributed by atoms with van der Waals surface area (Å²) < 4.78 is 5.58. The van der Waals surface area contributed by atoms with Gasteiger partial charge < -0.3 is 4.74 Å². The van der Waals surface area contributed by atoms with E-state index in [2.05, 4.69) is 31.7 Å². The monoisotopic (exact) mass is 216 g/mol. The van der Waals surface area contributed by atoms with Crippen LogP contribution in [0.1, 0.15) is 25.3 Å². The molecule has 0 saturated heterocycles. The van der Waals surface area contributed by atoms with Crippen molar-refractivity contribution in [2.75, 3.05) is 6.61 Å². The molecule has 0 aliphatic heterocycles. The second-order valence-corrected chi connectivity index (χ2v) is 3.87. The Morgan fingerprint density at radius 3 is 2.75 bits per heavy atom. The third-order valence-corrected chi connectivity index (χ3v) is 2.33. The van der Waals surface area contributed by atoms with Gasteiger partial charge in [-0.2, -0.15) is 0 Å². The molecular weight excluding hydrogens is 196 g/mol. The van der Waals surface area contributed by atoms with E-state index in [9.17, 15) is 0 Å². The van der Waals surface area contributed by atoms with E-state index in [-0.39, 0.29) is 0 Å². The molecule has 86 valence electrons. The fourth-order valence-corrected chi connectivity index (χ4v) is 1.46. The zero-order valence-corrected chi connectivity index (χ0v) is 9.99. The highest BCUT2D eigenvalue weighted by molar-refractivity contribution is 5.13. The number of benzene rings is 1. The molecule has 0 spiro atoms. The zero-order valence-electron chi connectivity index (χ0n) is 9.99. The number of hydrogen-bond donors (Lipinski definition) is 0. The molecule has 0 N–H and O–H groups in total. The maximum absolute atomic E-state index is 5.58. The van der Waals surface area contributed by atoms with Crippen LogP contribution in [0, 0.1) is 0 Å². The van der Waals surface area contributed by atoms with Gasteiger partial charge in [-0.1, -0.05) is 48.1 Å². The molecular formula is C15H20O. The molecule has 0 fully saturated rings. The smallest absolute Gasteiger partial charge is 0.0717 e. The minimum Gasteiger partial charge on any atom is -0.376 e. The predicted molar refractivity (Wildman–Crippen MR) is 69.3 cm³/mol. The molecule has 0 aliphatic carbocycles. The van der Waals surface area contributed by atoms with Crippen molar-refractivity contribution in [3.8, 4) is 0 Å². The fraction of sp³-hybridized carbons (Fsp3) is 0.333. The van der Waals surface area contributed by atoms with E-state index in [1.165, 1.54) is 11.1 Å². The van der Waals surface area contributed by atoms with Gasteiger partial charge in [-0.15, -0.1) is 6.58 Å². The van der Waals surface area contributed by atoms with Gasteiger partial charge in [0, 0.05) is 0 Å². The molecule has 1 aromatic carbocycles. The Bertz CT molecular complexity index is 325. The fourth-order valence-electron chi connectivity index (χ4n) is 1.46. The van der Waals surface area contributed by atoms with Gasteiger partial charge in [0.2, 0.25) is 0 Å². The first kappa shape index (κ1) is 12.7. The number of rotatable bonds is 7. The zero-order chi connectivity index (χ0) is 11.6. The molecule has 0 saturated carbocycles. The lowest BCUT2D eigenvalue weighted by Gasteiger charge is -2.02. The summed E-state index contributed by atoms with van der Waals surface area (Å²) >= 11 is 0. The van der Waals surface area contributed by atoms with Crippen molar-refractivity contribution in [3.63, 3.8) is 0 Å². The van der Waals surface area contributed by atoms with Crippen molar-refractivity contribution in [3.05, 3.63) is 60.2 Å². The van der Waals surface area contributed by atoms with Gasteiger partial charge >= 0.3 is 0 Å². The topological polar surface area (TPSA) is 9.23 Å². The Kier molecular flexibility index (Phi) is 6.28. The summed E-state index contributed by atoms with van der Waals surface area (Å²) in [5, 5.41) is 0. The first-order valence-corrected chi connectivity index (χ1v) is 5.71. The van der Waals surface area contributed by atoms with E-state index in [1.54, 1.807) is 0 Å². The van der Waals surface area contributed by atoms with E-state index in [1.807, 2.05) is 24.3 Å². The second-order valence-electron chi connectivity index (χ2n) is 3.87. The summed E-state index contributed by atoms with van der Waals surface area (Å²) in [5.74, 6) is 0. The van der Waals surface area contributed by atoms with Gasteiger partial charge in [0.05, 0.1) is 13.2 Å². The first-order chi connectivity index (χ1) is 7.83. The van der Waals surface area contributed by atoms with Gasteiger partial charge in [0.25, 0.3) is 0 Å². The number of hydrogen-bond acceptors (Lipinski definition) is 1. The van der Waals surface area contributed by atoms with Crippen LogP contribution in [-0.2, 0) is 11.3 Å². The summed E-state index contributed by atoms with van der Waals surface area (Å²) in [6.07, 6.45) is 6.09. The van der Waals surface area contributed by atoms with Crippen LogP contribution in [0.15, 0.2) is 54.6 Å². The largest absolute Gasteiger partial charge is 0.376 e. The number of allylic oxidation sites excluding steroid dienone is 2. The van der Waals surface area contributed by atoms with Crippen molar-refractivity contribution in [2.45, 2.75) is 26.4 Å². The first-order valence-electron chi connectivity index (χ1n) is 5.71. The molecule has 1 nitrogen and oxygen atoms in total. The Labute approximate surface area is 98.5 Å². The lowest BCUT2D eigenvalue weighted by Crippen LogP contribution is -1.94. The molecule has 0 atom stereocenters. The molecule has 0 radical (unpaired) electrons. The highest BCUT2D eigenvalue weighted by atomic mass is 16.5. The van der Waals surface area contributed by atoms with Gasteiger partial charge in [0.15, 0.2) is 0 Å². The molecule has 0 aliphatic rings. The average Bonchev–Trinajstić information content (AvgIpc) is 2.30. The second kappa shape index (κ2) is 7.89. The van der Waals surface area contributed by atoms with Crippen LogP contribution >= 0.6 is 0 Å². The maximum atomic E-state index is 5.58. The third kappa shape index (κ3) is 5.52. The van der Waals surface area contributed by atoms with E-state index in [4.69, 9.17) is 4.74 Å². The normalized spacial score (nSPS) is 11.4. The lowest BCUT2D eigenvalue weighted by atomic mass is 10.2. The quantitative estimate of drug-likeness (QED) is 0.492. The van der Waals surface area contributed by atoms with Crippen molar-refractivity contribution in [1.82, 2.24) is 0 Å². The molecule has 0 unspecified atom stereocenters. The van der Waals surface area contributed by atoms with E-state index in [0.29, 0.717) is 6.61 Å². The lowest BCUT2D eigenvalue weighted by molar-refractivity contribution is 0.125. The SMILES string of the molecule is C=CC/C(C)=C\CCOCc1ccccc1. The molecule has 0 amide bonds. The van der Waals surface area contributed by atoms with Crippen molar-refractivity contribution >= 4 is 0 Å². The van der Waals surface area contributed by atoms with Crippen molar-refractivity contribution in [1.29, 1.82) is 0 Å². The Morgan fingerprint density at radius 2 is 2.06 bits per heavy atom. The van der Waals surface area contributed by atoms with Crippen LogP contribution in [0.25, 0.3) is 0 Å². The van der Waals surface area contributed by atoms with Gasteiger partial charge in [0.1, 0.15) is 0 Å². The molecule has 16 heavy (non-hydrogen) atoms. The summed E-state index contributed by atoms with van der Waals surface area (Å²) in [6, 6.07) is 10.3. The van der Waals surface area contributed by atoms with Crippen LogP contribution < -0.4 is 0 Å². The van der Waals surface area contributed by atoms with E-state index >= 15 is 0 Å². The Morgan fingerprint density at radius 1 is 1.31 bits per heavy atom. The summed E-state index contributed by atoms with van der Waals surface area (Å²) in [7, 11) is 0. The molecule has 0 aromatic heterocycles. The van der Waals surface area contributed by atoms with Crippen LogP contribution in [0.4, 0.5) is 0 Å². The van der Waals surface area contributed by atoms with Crippen molar-refractivity contribution in [2.24, 2.45) is 0 Å².